The van der Waals surface area contributed by atoms with E-state index in [1.54, 1.807) is 0 Å². The van der Waals surface area contributed by atoms with Crippen LogP contribution in [0.1, 0.15) is 6.92 Å². The van der Waals surface area contributed by atoms with Crippen LogP contribution in [0.4, 0.5) is 0 Å². The van der Waals surface area contributed by atoms with Crippen LogP contribution in [-0.4, -0.2) is 36.8 Å². The molecule has 0 aromatic carbocycles. The molecule has 0 radical (unpaired) electrons. The smallest absolute Gasteiger partial charge is 0.0459 e. The largest absolute Gasteiger partial charge is 0.330 e. The van der Waals surface area contributed by atoms with Gasteiger partial charge in [0.25, 0.3) is 0 Å². The second kappa shape index (κ2) is 9.37. The topological polar surface area (TPSA) is 50.1 Å². The molecule has 0 aromatic heterocycles. The van der Waals surface area contributed by atoms with Crippen LogP contribution in [0.25, 0.3) is 0 Å². The Labute approximate surface area is 96.8 Å². The lowest BCUT2D eigenvalue weighted by atomic mass is 10.2. The normalized spacial score (nSPS) is 26.3. The summed E-state index contributed by atoms with van der Waals surface area (Å²) in [6.45, 7) is 3.96. The first-order valence-corrected chi connectivity index (χ1v) is 5.24. The molecule has 82 valence electrons. The summed E-state index contributed by atoms with van der Waals surface area (Å²) >= 11 is 1.93. The van der Waals surface area contributed by atoms with Crippen molar-refractivity contribution in [1.29, 1.82) is 0 Å². The molecule has 0 aromatic rings. The molecule has 1 aliphatic heterocycles. The van der Waals surface area contributed by atoms with E-state index in [2.05, 4.69) is 17.6 Å². The second-order valence-electron chi connectivity index (χ2n) is 2.84. The van der Waals surface area contributed by atoms with E-state index in [0.717, 1.165) is 19.0 Å². The zero-order chi connectivity index (χ0) is 8.10. The summed E-state index contributed by atoms with van der Waals surface area (Å²) in [4.78, 5) is 0. The number of nitrogens with two attached hydrogens (primary N) is 1. The lowest BCUT2D eigenvalue weighted by Gasteiger charge is -2.13. The molecule has 1 aliphatic rings. The average Bonchev–Trinajstić information content (AvgIpc) is 2.37. The summed E-state index contributed by atoms with van der Waals surface area (Å²) in [5, 5.41) is 6.73. The third-order valence-electron chi connectivity index (χ3n) is 1.95. The van der Waals surface area contributed by atoms with Gasteiger partial charge in [-0.2, -0.15) is 11.8 Å². The van der Waals surface area contributed by atoms with Gasteiger partial charge in [-0.3, -0.25) is 5.32 Å². The minimum Gasteiger partial charge on any atom is -0.330 e. The van der Waals surface area contributed by atoms with Crippen LogP contribution >= 0.6 is 36.6 Å². The van der Waals surface area contributed by atoms with Crippen LogP contribution in [0, 0.1) is 0 Å². The molecule has 0 aliphatic carbocycles. The average molecular weight is 248 g/mol. The van der Waals surface area contributed by atoms with Gasteiger partial charge in [0.1, 0.15) is 0 Å². The van der Waals surface area contributed by atoms with Crippen molar-refractivity contribution >= 4 is 36.6 Å². The molecule has 0 saturated carbocycles. The molecule has 1 saturated heterocycles. The van der Waals surface area contributed by atoms with E-state index in [0.29, 0.717) is 12.1 Å². The van der Waals surface area contributed by atoms with Gasteiger partial charge >= 0.3 is 0 Å². The van der Waals surface area contributed by atoms with Crippen molar-refractivity contribution in [3.8, 4) is 0 Å². The Bertz CT molecular complexity index is 118. The van der Waals surface area contributed by atoms with Crippen molar-refractivity contribution in [3.05, 3.63) is 0 Å². The van der Waals surface area contributed by atoms with E-state index < -0.39 is 0 Å². The van der Waals surface area contributed by atoms with Crippen LogP contribution in [0.5, 0.6) is 0 Å². The number of hydrogen-bond acceptors (Lipinski definition) is 4. The van der Waals surface area contributed by atoms with Crippen molar-refractivity contribution in [3.63, 3.8) is 0 Å². The molecule has 0 amide bonds. The van der Waals surface area contributed by atoms with Crippen LogP contribution in [0.2, 0.25) is 0 Å². The van der Waals surface area contributed by atoms with Crippen LogP contribution in [0.15, 0.2) is 0 Å². The minimum absolute atomic E-state index is 0. The number of thioether (sulfide) groups is 1. The maximum Gasteiger partial charge on any atom is 0.0459 e. The highest BCUT2D eigenvalue weighted by Gasteiger charge is 2.20. The summed E-state index contributed by atoms with van der Waals surface area (Å²) in [6, 6.07) is 1.24. The predicted octanol–water partition coefficient (Wildman–Crippen LogP) is 0.429. The summed E-state index contributed by atoms with van der Waals surface area (Å²) in [6.07, 6.45) is 0. The maximum atomic E-state index is 5.39. The van der Waals surface area contributed by atoms with Crippen LogP contribution in [0.3, 0.4) is 0 Å². The first kappa shape index (κ1) is 16.2. The molecule has 1 heterocycles. The fraction of sp³-hybridized carbons (Fsp3) is 1.00. The molecule has 3 nitrogen and oxygen atoms in total. The van der Waals surface area contributed by atoms with Crippen molar-refractivity contribution in [2.75, 3.05) is 24.7 Å². The van der Waals surface area contributed by atoms with Crippen molar-refractivity contribution in [2.45, 2.75) is 19.0 Å². The standard InChI is InChI=1S/C7H17N3S.2ClH/c1-6-7(10-5-9-6)4-11-3-2-8;;/h6-7,9-10H,2-5,8H2,1H3;2*1H. The summed E-state index contributed by atoms with van der Waals surface area (Å²) in [7, 11) is 0. The molecule has 0 spiro atoms. The van der Waals surface area contributed by atoms with Crippen molar-refractivity contribution in [1.82, 2.24) is 10.6 Å². The van der Waals surface area contributed by atoms with Gasteiger partial charge in [0.2, 0.25) is 0 Å². The Morgan fingerprint density at radius 3 is 2.54 bits per heavy atom. The molecule has 1 fully saturated rings. The number of rotatable bonds is 4. The summed E-state index contributed by atoms with van der Waals surface area (Å²) in [5.41, 5.74) is 5.39. The Morgan fingerprint density at radius 1 is 1.38 bits per heavy atom. The van der Waals surface area contributed by atoms with Crippen molar-refractivity contribution < 1.29 is 0 Å². The van der Waals surface area contributed by atoms with E-state index in [4.69, 9.17) is 5.73 Å². The van der Waals surface area contributed by atoms with Gasteiger partial charge in [0.15, 0.2) is 0 Å². The van der Waals surface area contributed by atoms with Gasteiger partial charge in [-0.25, -0.2) is 0 Å². The Hall–Kier alpha value is 0.810. The minimum atomic E-state index is 0. The van der Waals surface area contributed by atoms with E-state index in [-0.39, 0.29) is 24.8 Å². The Morgan fingerprint density at radius 2 is 2.08 bits per heavy atom. The molecular formula is C7H19Cl2N3S. The predicted molar refractivity (Wildman–Crippen MR) is 65.3 cm³/mol. The third kappa shape index (κ3) is 5.99. The first-order valence-electron chi connectivity index (χ1n) is 4.09. The van der Waals surface area contributed by atoms with Crippen LogP contribution < -0.4 is 16.4 Å². The number of halogens is 2. The quantitative estimate of drug-likeness (QED) is 0.631. The highest BCUT2D eigenvalue weighted by Crippen LogP contribution is 2.07. The number of nitrogens with one attached hydrogen (secondary N) is 2. The molecule has 6 heteroatoms. The van der Waals surface area contributed by atoms with Gasteiger partial charge in [-0.1, -0.05) is 0 Å². The molecule has 0 bridgehead atoms. The molecule has 4 N–H and O–H groups in total. The van der Waals surface area contributed by atoms with Gasteiger partial charge in [0, 0.05) is 36.8 Å². The van der Waals surface area contributed by atoms with E-state index >= 15 is 0 Å². The lowest BCUT2D eigenvalue weighted by Crippen LogP contribution is -2.33. The summed E-state index contributed by atoms with van der Waals surface area (Å²) < 4.78 is 0. The Balaban J connectivity index is 0. The molecular weight excluding hydrogens is 229 g/mol. The first-order chi connectivity index (χ1) is 5.34. The zero-order valence-electron chi connectivity index (χ0n) is 7.79. The van der Waals surface area contributed by atoms with Crippen LogP contribution in [-0.2, 0) is 0 Å². The second-order valence-corrected chi connectivity index (χ2v) is 3.99. The van der Waals surface area contributed by atoms with E-state index in [1.807, 2.05) is 11.8 Å². The van der Waals surface area contributed by atoms with Crippen molar-refractivity contribution in [2.24, 2.45) is 5.73 Å². The monoisotopic (exact) mass is 247 g/mol. The van der Waals surface area contributed by atoms with E-state index in [9.17, 15) is 0 Å². The van der Waals surface area contributed by atoms with Gasteiger partial charge in [0.05, 0.1) is 0 Å². The maximum absolute atomic E-state index is 5.39. The Kier molecular flexibility index (Phi) is 11.7. The fourth-order valence-corrected chi connectivity index (χ4v) is 2.16. The van der Waals surface area contributed by atoms with E-state index in [1.165, 1.54) is 5.75 Å². The number of hydrogen-bond donors (Lipinski definition) is 3. The molecule has 1 rings (SSSR count). The highest BCUT2D eigenvalue weighted by atomic mass is 35.5. The third-order valence-corrected chi connectivity index (χ3v) is 3.07. The van der Waals surface area contributed by atoms with Gasteiger partial charge in [-0.05, 0) is 6.92 Å². The lowest BCUT2D eigenvalue weighted by molar-refractivity contribution is 0.590. The SMILES string of the molecule is CC1NCNC1CSCCN.Cl.Cl. The van der Waals surface area contributed by atoms with Gasteiger partial charge < -0.3 is 11.1 Å². The molecule has 13 heavy (non-hydrogen) atoms. The molecule has 2 atom stereocenters. The highest BCUT2D eigenvalue weighted by molar-refractivity contribution is 7.99. The van der Waals surface area contributed by atoms with Gasteiger partial charge in [-0.15, -0.1) is 24.8 Å². The molecule has 2 unspecified atom stereocenters. The zero-order valence-corrected chi connectivity index (χ0v) is 10.2. The fourth-order valence-electron chi connectivity index (χ4n) is 1.17. The summed E-state index contributed by atoms with van der Waals surface area (Å²) in [5.74, 6) is 2.25.